The minimum absolute atomic E-state index is 0.00809. The number of pyridine rings is 1. The highest BCUT2D eigenvalue weighted by molar-refractivity contribution is 7.90. The number of para-hydroxylation sites is 1. The van der Waals surface area contributed by atoms with Crippen LogP contribution < -0.4 is 4.74 Å². The first-order valence-corrected chi connectivity index (χ1v) is 12.9. The molecule has 4 nitrogen and oxygen atoms in total. The molecule has 0 fully saturated rings. The summed E-state index contributed by atoms with van der Waals surface area (Å²) in [6.07, 6.45) is -1.99. The molecular weight excluding hydrogens is 499 g/mol. The molecule has 0 radical (unpaired) electrons. The molecule has 9 heteroatoms. The van der Waals surface area contributed by atoms with Gasteiger partial charge < -0.3 is 4.74 Å². The normalized spacial score (nSPS) is 12.3. The molecule has 4 rings (SSSR count). The van der Waals surface area contributed by atoms with Crippen molar-refractivity contribution in [2.75, 3.05) is 6.26 Å². The van der Waals surface area contributed by atoms with Gasteiger partial charge >= 0.3 is 6.18 Å². The molecular formula is C26H21ClF3NO3S. The highest BCUT2D eigenvalue weighted by atomic mass is 35.5. The second-order valence-electron chi connectivity index (χ2n) is 8.47. The Morgan fingerprint density at radius 2 is 1.69 bits per heavy atom. The summed E-state index contributed by atoms with van der Waals surface area (Å²) in [5.74, 6) is 0.584. The first-order valence-electron chi connectivity index (χ1n) is 10.6. The highest BCUT2D eigenvalue weighted by Crippen LogP contribution is 2.41. The van der Waals surface area contributed by atoms with Crippen LogP contribution in [0.15, 0.2) is 71.8 Å². The molecule has 0 aliphatic heterocycles. The third-order valence-electron chi connectivity index (χ3n) is 5.49. The molecule has 0 saturated carbocycles. The average Bonchev–Trinajstić information content (AvgIpc) is 2.76. The minimum atomic E-state index is -4.54. The van der Waals surface area contributed by atoms with Gasteiger partial charge in [-0.15, -0.1) is 0 Å². The Labute approximate surface area is 206 Å². The van der Waals surface area contributed by atoms with Crippen molar-refractivity contribution >= 4 is 32.3 Å². The standard InChI is InChI=1S/C26H21ClF3NO3S/c1-15(2)22-14-31-25-21(8-5-9-23(25)26(28,29)30)24(22)16-6-4-7-18(10-16)34-19-11-17(27)12-20(13-19)35(3,32)33/h4-15H,1-3H3. The van der Waals surface area contributed by atoms with Crippen LogP contribution in [0.2, 0.25) is 5.02 Å². The lowest BCUT2D eigenvalue weighted by Crippen LogP contribution is -2.07. The van der Waals surface area contributed by atoms with Gasteiger partial charge in [-0.3, -0.25) is 4.98 Å². The maximum absolute atomic E-state index is 13.7. The second-order valence-corrected chi connectivity index (χ2v) is 10.9. The maximum Gasteiger partial charge on any atom is 0.418 e. The smallest absolute Gasteiger partial charge is 0.418 e. The van der Waals surface area contributed by atoms with E-state index in [0.29, 0.717) is 22.3 Å². The van der Waals surface area contributed by atoms with E-state index in [0.717, 1.165) is 17.9 Å². The van der Waals surface area contributed by atoms with E-state index in [4.69, 9.17) is 16.3 Å². The van der Waals surface area contributed by atoms with Gasteiger partial charge in [0.1, 0.15) is 11.5 Å². The van der Waals surface area contributed by atoms with Crippen molar-refractivity contribution in [1.29, 1.82) is 0 Å². The zero-order valence-electron chi connectivity index (χ0n) is 19.0. The Morgan fingerprint density at radius 1 is 0.971 bits per heavy atom. The highest BCUT2D eigenvalue weighted by Gasteiger charge is 2.33. The maximum atomic E-state index is 13.7. The number of rotatable bonds is 5. The monoisotopic (exact) mass is 519 g/mol. The fourth-order valence-corrected chi connectivity index (χ4v) is 4.85. The average molecular weight is 520 g/mol. The topological polar surface area (TPSA) is 56.3 Å². The van der Waals surface area contributed by atoms with Crippen molar-refractivity contribution in [1.82, 2.24) is 4.98 Å². The lowest BCUT2D eigenvalue weighted by molar-refractivity contribution is -0.136. The number of alkyl halides is 3. The van der Waals surface area contributed by atoms with Gasteiger partial charge in [-0.05, 0) is 59.0 Å². The molecule has 0 atom stereocenters. The van der Waals surface area contributed by atoms with E-state index in [1.807, 2.05) is 13.8 Å². The van der Waals surface area contributed by atoms with Gasteiger partial charge in [-0.1, -0.05) is 49.7 Å². The van der Waals surface area contributed by atoms with E-state index in [1.165, 1.54) is 30.5 Å². The van der Waals surface area contributed by atoms with Crippen molar-refractivity contribution in [2.45, 2.75) is 30.8 Å². The fourth-order valence-electron chi connectivity index (χ4n) is 3.89. The van der Waals surface area contributed by atoms with Crippen LogP contribution in [0.25, 0.3) is 22.0 Å². The van der Waals surface area contributed by atoms with Crippen LogP contribution >= 0.6 is 11.6 Å². The summed E-state index contributed by atoms with van der Waals surface area (Å²) in [5, 5.41) is 0.575. The molecule has 0 saturated heterocycles. The van der Waals surface area contributed by atoms with E-state index in [2.05, 4.69) is 4.98 Å². The summed E-state index contributed by atoms with van der Waals surface area (Å²) in [7, 11) is -3.51. The number of hydrogen-bond donors (Lipinski definition) is 0. The molecule has 1 heterocycles. The molecule has 1 aromatic heterocycles. The SMILES string of the molecule is CC(C)c1cnc2c(C(F)(F)F)cccc2c1-c1cccc(Oc2cc(Cl)cc(S(C)(=O)=O)c2)c1. The van der Waals surface area contributed by atoms with Gasteiger partial charge in [0, 0.05) is 22.9 Å². The minimum Gasteiger partial charge on any atom is -0.457 e. The van der Waals surface area contributed by atoms with Crippen LogP contribution in [0, 0.1) is 0 Å². The summed E-state index contributed by atoms with van der Waals surface area (Å²) in [5.41, 5.74) is 1.13. The molecule has 4 aromatic rings. The molecule has 0 aliphatic rings. The Bertz CT molecular complexity index is 1530. The molecule has 182 valence electrons. The number of aromatic nitrogens is 1. The van der Waals surface area contributed by atoms with Crippen LogP contribution in [0.5, 0.6) is 11.5 Å². The number of hydrogen-bond acceptors (Lipinski definition) is 4. The quantitative estimate of drug-likeness (QED) is 0.269. The van der Waals surface area contributed by atoms with Crippen LogP contribution in [0.4, 0.5) is 13.2 Å². The van der Waals surface area contributed by atoms with E-state index >= 15 is 0 Å². The summed E-state index contributed by atoms with van der Waals surface area (Å²) in [4.78, 5) is 4.18. The number of ether oxygens (including phenoxy) is 1. The lowest BCUT2D eigenvalue weighted by atomic mass is 9.90. The third-order valence-corrected chi connectivity index (χ3v) is 6.80. The van der Waals surface area contributed by atoms with Crippen LogP contribution in [0.1, 0.15) is 30.9 Å². The van der Waals surface area contributed by atoms with Gasteiger partial charge in [0.05, 0.1) is 16.0 Å². The molecule has 0 aliphatic carbocycles. The van der Waals surface area contributed by atoms with Gasteiger partial charge in [0.25, 0.3) is 0 Å². The Hall–Kier alpha value is -3.10. The van der Waals surface area contributed by atoms with Crippen LogP contribution in [-0.2, 0) is 16.0 Å². The van der Waals surface area contributed by atoms with Gasteiger partial charge in [0.15, 0.2) is 9.84 Å². The zero-order chi connectivity index (χ0) is 25.5. The summed E-state index contributed by atoms with van der Waals surface area (Å²) >= 11 is 6.08. The van der Waals surface area contributed by atoms with E-state index in [-0.39, 0.29) is 27.1 Å². The van der Waals surface area contributed by atoms with Crippen molar-refractivity contribution in [2.24, 2.45) is 0 Å². The molecule has 3 aromatic carbocycles. The van der Waals surface area contributed by atoms with Gasteiger partial charge in [0.2, 0.25) is 0 Å². The Kier molecular flexibility index (Phi) is 6.55. The first kappa shape index (κ1) is 25.0. The molecule has 0 bridgehead atoms. The molecule has 0 amide bonds. The van der Waals surface area contributed by atoms with Crippen molar-refractivity contribution in [3.05, 3.63) is 83.0 Å². The second kappa shape index (κ2) is 9.17. The summed E-state index contributed by atoms with van der Waals surface area (Å²) in [6, 6.07) is 15.1. The van der Waals surface area contributed by atoms with Crippen LogP contribution in [0.3, 0.4) is 0 Å². The van der Waals surface area contributed by atoms with Gasteiger partial charge in [-0.2, -0.15) is 13.2 Å². The van der Waals surface area contributed by atoms with E-state index in [1.54, 1.807) is 30.3 Å². The number of fused-ring (bicyclic) bond motifs is 1. The van der Waals surface area contributed by atoms with Crippen LogP contribution in [-0.4, -0.2) is 19.7 Å². The summed E-state index contributed by atoms with van der Waals surface area (Å²) < 4.78 is 70.8. The Balaban J connectivity index is 1.87. The van der Waals surface area contributed by atoms with Crippen molar-refractivity contribution in [3.8, 4) is 22.6 Å². The molecule has 35 heavy (non-hydrogen) atoms. The van der Waals surface area contributed by atoms with Crippen molar-refractivity contribution in [3.63, 3.8) is 0 Å². The zero-order valence-corrected chi connectivity index (χ0v) is 20.6. The van der Waals surface area contributed by atoms with Gasteiger partial charge in [-0.25, -0.2) is 8.42 Å². The number of benzene rings is 3. The van der Waals surface area contributed by atoms with E-state index in [9.17, 15) is 21.6 Å². The largest absolute Gasteiger partial charge is 0.457 e. The Morgan fingerprint density at radius 3 is 2.34 bits per heavy atom. The summed E-state index contributed by atoms with van der Waals surface area (Å²) in [6.45, 7) is 3.89. The molecule has 0 unspecified atom stereocenters. The predicted octanol–water partition coefficient (Wildman–Crippen LogP) is 7.89. The predicted molar refractivity (Wildman–Crippen MR) is 131 cm³/mol. The van der Waals surface area contributed by atoms with E-state index < -0.39 is 21.6 Å². The fraction of sp³-hybridized carbons (Fsp3) is 0.192. The number of halogens is 4. The first-order chi connectivity index (χ1) is 16.3. The lowest BCUT2D eigenvalue weighted by Gasteiger charge is -2.18. The molecule has 0 N–H and O–H groups in total. The third kappa shape index (κ3) is 5.28. The molecule has 0 spiro atoms. The number of nitrogens with zero attached hydrogens (tertiary/aromatic N) is 1. The number of sulfone groups is 1. The van der Waals surface area contributed by atoms with Crippen molar-refractivity contribution < 1.29 is 26.3 Å².